The van der Waals surface area contributed by atoms with Gasteiger partial charge in [0.15, 0.2) is 5.69 Å². The number of hydrogen-bond donors (Lipinski definition) is 4. The van der Waals surface area contributed by atoms with Crippen LogP contribution in [0.4, 0.5) is 19.0 Å². The van der Waals surface area contributed by atoms with Gasteiger partial charge in [0, 0.05) is 12.7 Å². The minimum absolute atomic E-state index is 0.0935. The van der Waals surface area contributed by atoms with Crippen LogP contribution in [0.1, 0.15) is 16.2 Å². The Morgan fingerprint density at radius 2 is 2.03 bits per heavy atom. The fraction of sp³-hybridized carbons (Fsp3) is 0.412. The average Bonchev–Trinajstić information content (AvgIpc) is 2.71. The van der Waals surface area contributed by atoms with Crippen molar-refractivity contribution in [3.8, 4) is 0 Å². The molecule has 0 aliphatic carbocycles. The fourth-order valence-corrected chi connectivity index (χ4v) is 2.73. The molecule has 2 aromatic rings. The molecular weight excluding hydrogens is 395 g/mol. The van der Waals surface area contributed by atoms with Crippen molar-refractivity contribution >= 4 is 11.7 Å². The molecule has 1 fully saturated rings. The largest absolute Gasteiger partial charge is 0.434 e. The number of nitrogens with zero attached hydrogens (tertiary/aromatic N) is 3. The van der Waals surface area contributed by atoms with Crippen molar-refractivity contribution in [1.29, 1.82) is 0 Å². The molecule has 29 heavy (non-hydrogen) atoms. The Bertz CT molecular complexity index is 839. The number of carbonyl (C=O) groups excluding carboxylic acids is 1. The van der Waals surface area contributed by atoms with Crippen LogP contribution in [-0.2, 0) is 10.9 Å². The Hall–Kier alpha value is -2.83. The summed E-state index contributed by atoms with van der Waals surface area (Å²) in [5.41, 5.74) is -1.01. The van der Waals surface area contributed by atoms with Gasteiger partial charge in [-0.15, -0.1) is 0 Å². The van der Waals surface area contributed by atoms with Crippen molar-refractivity contribution in [3.63, 3.8) is 0 Å². The number of carbonyl (C=O) groups is 1. The maximum atomic E-state index is 12.7. The van der Waals surface area contributed by atoms with Gasteiger partial charge in [-0.05, 0) is 12.1 Å². The lowest BCUT2D eigenvalue weighted by Gasteiger charge is -2.38. The van der Waals surface area contributed by atoms with Gasteiger partial charge in [0.2, 0.25) is 0 Å². The van der Waals surface area contributed by atoms with Crippen LogP contribution in [0, 0.1) is 0 Å². The zero-order chi connectivity index (χ0) is 21.0. The van der Waals surface area contributed by atoms with E-state index in [0.717, 1.165) is 6.20 Å². The van der Waals surface area contributed by atoms with Crippen molar-refractivity contribution in [3.05, 3.63) is 48.2 Å². The van der Waals surface area contributed by atoms with Gasteiger partial charge in [-0.1, -0.05) is 6.07 Å². The average molecular weight is 413 g/mol. The van der Waals surface area contributed by atoms with Crippen molar-refractivity contribution in [2.75, 3.05) is 18.5 Å². The van der Waals surface area contributed by atoms with E-state index < -0.39 is 42.1 Å². The number of halogens is 3. The van der Waals surface area contributed by atoms with Crippen LogP contribution < -0.4 is 10.6 Å². The van der Waals surface area contributed by atoms with Gasteiger partial charge < -0.3 is 25.6 Å². The number of ether oxygens (including phenoxy) is 1. The van der Waals surface area contributed by atoms with Crippen molar-refractivity contribution in [2.45, 2.75) is 30.5 Å². The molecule has 0 unspecified atom stereocenters. The summed E-state index contributed by atoms with van der Waals surface area (Å²) < 4.78 is 43.6. The molecule has 0 saturated carbocycles. The summed E-state index contributed by atoms with van der Waals surface area (Å²) in [6.45, 7) is -0.232. The van der Waals surface area contributed by atoms with Crippen LogP contribution in [0.5, 0.6) is 0 Å². The Morgan fingerprint density at radius 3 is 2.72 bits per heavy atom. The molecule has 3 heterocycles. The Balaban J connectivity index is 1.57. The number of rotatable bonds is 5. The summed E-state index contributed by atoms with van der Waals surface area (Å²) in [4.78, 5) is 22.8. The number of aliphatic hydroxyl groups is 2. The van der Waals surface area contributed by atoms with Gasteiger partial charge in [-0.3, -0.25) is 14.8 Å². The number of amides is 1. The molecule has 4 atom stereocenters. The van der Waals surface area contributed by atoms with E-state index in [1.54, 1.807) is 12.1 Å². The fourth-order valence-electron chi connectivity index (χ4n) is 2.73. The first kappa shape index (κ1) is 20.9. The van der Waals surface area contributed by atoms with E-state index in [9.17, 15) is 28.2 Å². The van der Waals surface area contributed by atoms with E-state index in [1.807, 2.05) is 0 Å². The first-order valence-electron chi connectivity index (χ1n) is 8.58. The molecule has 1 saturated heterocycles. The molecule has 2 aromatic heterocycles. The Kier molecular flexibility index (Phi) is 6.25. The van der Waals surface area contributed by atoms with Crippen molar-refractivity contribution < 1.29 is 32.9 Å². The van der Waals surface area contributed by atoms with Crippen LogP contribution in [0.15, 0.2) is 36.8 Å². The van der Waals surface area contributed by atoms with Crippen LogP contribution in [0.3, 0.4) is 0 Å². The topological polar surface area (TPSA) is 129 Å². The maximum absolute atomic E-state index is 12.7. The zero-order valence-electron chi connectivity index (χ0n) is 14.9. The predicted molar refractivity (Wildman–Crippen MR) is 92.8 cm³/mol. The third-order valence-corrected chi connectivity index (χ3v) is 4.25. The monoisotopic (exact) mass is 413 g/mol. The molecule has 0 aromatic carbocycles. The second-order valence-corrected chi connectivity index (χ2v) is 6.32. The second kappa shape index (κ2) is 8.68. The predicted octanol–water partition coefficient (Wildman–Crippen LogP) is 0.221. The van der Waals surface area contributed by atoms with Crippen LogP contribution in [0.2, 0.25) is 0 Å². The van der Waals surface area contributed by atoms with E-state index in [4.69, 9.17) is 4.74 Å². The molecule has 3 rings (SSSR count). The van der Waals surface area contributed by atoms with Gasteiger partial charge in [0.25, 0.3) is 5.91 Å². The van der Waals surface area contributed by atoms with Gasteiger partial charge in [-0.25, -0.2) is 4.98 Å². The summed E-state index contributed by atoms with van der Waals surface area (Å²) in [6.07, 6.45) is -5.26. The Morgan fingerprint density at radius 1 is 1.24 bits per heavy atom. The number of nitrogens with one attached hydrogen (secondary N) is 2. The minimum Gasteiger partial charge on any atom is -0.388 e. The maximum Gasteiger partial charge on any atom is 0.434 e. The first-order valence-corrected chi connectivity index (χ1v) is 8.58. The van der Waals surface area contributed by atoms with Gasteiger partial charge in [0.05, 0.1) is 25.0 Å². The van der Waals surface area contributed by atoms with Crippen LogP contribution in [0.25, 0.3) is 0 Å². The number of aromatic nitrogens is 3. The molecule has 0 spiro atoms. The number of pyridine rings is 1. The Labute approximate surface area is 163 Å². The molecule has 0 bridgehead atoms. The van der Waals surface area contributed by atoms with Gasteiger partial charge in [-0.2, -0.15) is 13.2 Å². The van der Waals surface area contributed by atoms with E-state index in [2.05, 4.69) is 25.6 Å². The summed E-state index contributed by atoms with van der Waals surface area (Å²) >= 11 is 0. The SMILES string of the molecule is O=C(NC[C@H]1OC[C@H](Nc2cncc(C(F)(F)F)n2)[C@@H](O)[C@H]1O)c1ccccn1. The number of anilines is 1. The number of aliphatic hydroxyl groups excluding tert-OH is 2. The third-order valence-electron chi connectivity index (χ3n) is 4.25. The van der Waals surface area contributed by atoms with Crippen molar-refractivity contribution in [1.82, 2.24) is 20.3 Å². The standard InChI is InChI=1S/C17H18F3N5O4/c18-17(19,20)12-6-21-7-13(25-12)24-10-8-29-11(15(27)14(10)26)5-23-16(28)9-3-1-2-4-22-9/h1-4,6-7,10-11,14-15,26-27H,5,8H2,(H,23,28)(H,24,25)/t10-,11+,14+,15-/m0/s1. The number of alkyl halides is 3. The highest BCUT2D eigenvalue weighted by Gasteiger charge is 2.39. The lowest BCUT2D eigenvalue weighted by Crippen LogP contribution is -2.58. The second-order valence-electron chi connectivity index (χ2n) is 6.32. The zero-order valence-corrected chi connectivity index (χ0v) is 14.9. The third kappa shape index (κ3) is 5.16. The van der Waals surface area contributed by atoms with Crippen LogP contribution >= 0.6 is 0 Å². The van der Waals surface area contributed by atoms with E-state index in [-0.39, 0.29) is 24.7 Å². The lowest BCUT2D eigenvalue weighted by molar-refractivity contribution is -0.141. The van der Waals surface area contributed by atoms with Gasteiger partial charge in [0.1, 0.15) is 29.8 Å². The minimum atomic E-state index is -4.66. The molecule has 9 nitrogen and oxygen atoms in total. The highest BCUT2D eigenvalue weighted by Crippen LogP contribution is 2.28. The summed E-state index contributed by atoms with van der Waals surface area (Å²) in [6, 6.07) is 3.89. The molecule has 1 aliphatic heterocycles. The molecule has 12 heteroatoms. The molecule has 0 radical (unpaired) electrons. The normalized spacial score (nSPS) is 24.7. The summed E-state index contributed by atoms with van der Waals surface area (Å²) in [7, 11) is 0. The van der Waals surface area contributed by atoms with E-state index in [1.165, 1.54) is 12.3 Å². The van der Waals surface area contributed by atoms with Crippen LogP contribution in [-0.4, -0.2) is 68.6 Å². The molecule has 1 amide bonds. The highest BCUT2D eigenvalue weighted by molar-refractivity contribution is 5.92. The summed E-state index contributed by atoms with van der Waals surface area (Å²) in [5.74, 6) is -0.697. The van der Waals surface area contributed by atoms with E-state index in [0.29, 0.717) is 6.20 Å². The molecule has 1 aliphatic rings. The highest BCUT2D eigenvalue weighted by atomic mass is 19.4. The molecule has 156 valence electrons. The summed E-state index contributed by atoms with van der Waals surface area (Å²) in [5, 5.41) is 25.7. The quantitative estimate of drug-likeness (QED) is 0.548. The molecule has 4 N–H and O–H groups in total. The smallest absolute Gasteiger partial charge is 0.388 e. The number of hydrogen-bond acceptors (Lipinski definition) is 8. The molecular formula is C17H18F3N5O4. The van der Waals surface area contributed by atoms with Gasteiger partial charge >= 0.3 is 6.18 Å². The van der Waals surface area contributed by atoms with Crippen molar-refractivity contribution in [2.24, 2.45) is 0 Å². The lowest BCUT2D eigenvalue weighted by atomic mass is 9.98. The first-order chi connectivity index (χ1) is 13.8. The van der Waals surface area contributed by atoms with E-state index >= 15 is 0 Å².